The molecule has 0 aliphatic carbocycles. The molecule has 2 aliphatic heterocycles. The highest BCUT2D eigenvalue weighted by molar-refractivity contribution is 5.31. The first-order valence-corrected chi connectivity index (χ1v) is 6.92. The summed E-state index contributed by atoms with van der Waals surface area (Å²) >= 11 is 0. The van der Waals surface area contributed by atoms with Gasteiger partial charge in [0.25, 0.3) is 0 Å². The summed E-state index contributed by atoms with van der Waals surface area (Å²) in [4.78, 5) is 0. The molecule has 0 saturated carbocycles. The van der Waals surface area contributed by atoms with Crippen LogP contribution in [0.2, 0.25) is 0 Å². The Morgan fingerprint density at radius 3 is 3.17 bits per heavy atom. The predicted molar refractivity (Wildman–Crippen MR) is 72.7 cm³/mol. The maximum absolute atomic E-state index is 5.93. The minimum Gasteiger partial charge on any atom is -0.372 e. The van der Waals surface area contributed by atoms with Crippen molar-refractivity contribution in [3.8, 4) is 0 Å². The zero-order valence-electron chi connectivity index (χ0n) is 11.0. The number of ether oxygens (including phenoxy) is 1. The molecule has 0 bridgehead atoms. The number of nitrogens with one attached hydrogen (secondary N) is 2. The third kappa shape index (κ3) is 2.44. The van der Waals surface area contributed by atoms with E-state index in [1.165, 1.54) is 17.5 Å². The largest absolute Gasteiger partial charge is 0.372 e. The van der Waals surface area contributed by atoms with Gasteiger partial charge in [0, 0.05) is 18.6 Å². The third-order valence-corrected chi connectivity index (χ3v) is 4.18. The van der Waals surface area contributed by atoms with Crippen molar-refractivity contribution in [3.63, 3.8) is 0 Å². The molecule has 2 heterocycles. The normalized spacial score (nSPS) is 31.3. The molecule has 2 unspecified atom stereocenters. The van der Waals surface area contributed by atoms with Crippen LogP contribution in [-0.2, 0) is 11.2 Å². The minimum atomic E-state index is 0.215. The molecule has 3 heteroatoms. The van der Waals surface area contributed by atoms with Crippen LogP contribution in [0.15, 0.2) is 24.3 Å². The number of fused-ring (bicyclic) bond motifs is 1. The van der Waals surface area contributed by atoms with E-state index in [1.54, 1.807) is 0 Å². The Labute approximate surface area is 109 Å². The highest BCUT2D eigenvalue weighted by Gasteiger charge is 2.30. The lowest BCUT2D eigenvalue weighted by Gasteiger charge is -2.31. The monoisotopic (exact) mass is 246 g/mol. The highest BCUT2D eigenvalue weighted by Crippen LogP contribution is 2.27. The van der Waals surface area contributed by atoms with Gasteiger partial charge in [-0.2, -0.15) is 0 Å². The van der Waals surface area contributed by atoms with Crippen molar-refractivity contribution in [1.29, 1.82) is 0 Å². The van der Waals surface area contributed by atoms with E-state index in [0.29, 0.717) is 0 Å². The molecule has 2 aliphatic rings. The van der Waals surface area contributed by atoms with Gasteiger partial charge >= 0.3 is 0 Å². The molecule has 0 aromatic heterocycles. The van der Waals surface area contributed by atoms with Crippen LogP contribution in [0.4, 0.5) is 0 Å². The zero-order valence-corrected chi connectivity index (χ0v) is 11.0. The van der Waals surface area contributed by atoms with Gasteiger partial charge in [0.05, 0.1) is 12.7 Å². The molecule has 3 nitrogen and oxygen atoms in total. The summed E-state index contributed by atoms with van der Waals surface area (Å²) in [5.41, 5.74) is 3.05. The van der Waals surface area contributed by atoms with E-state index in [-0.39, 0.29) is 11.6 Å². The summed E-state index contributed by atoms with van der Waals surface area (Å²) in [6, 6.07) is 8.66. The number of hydrogen-bond acceptors (Lipinski definition) is 3. The third-order valence-electron chi connectivity index (χ3n) is 4.18. The van der Waals surface area contributed by atoms with Crippen LogP contribution in [-0.4, -0.2) is 31.8 Å². The predicted octanol–water partition coefficient (Wildman–Crippen LogP) is 1.64. The number of benzene rings is 1. The Hall–Kier alpha value is -0.900. The van der Waals surface area contributed by atoms with Gasteiger partial charge in [-0.05, 0) is 37.4 Å². The number of rotatable bonds is 3. The molecule has 2 N–H and O–H groups in total. The smallest absolute Gasteiger partial charge is 0.0952 e. The van der Waals surface area contributed by atoms with Crippen LogP contribution in [0.3, 0.4) is 0 Å². The van der Waals surface area contributed by atoms with Crippen molar-refractivity contribution in [3.05, 3.63) is 35.4 Å². The first-order valence-electron chi connectivity index (χ1n) is 6.92. The lowest BCUT2D eigenvalue weighted by atomic mass is 9.96. The van der Waals surface area contributed by atoms with E-state index < -0.39 is 0 Å². The maximum Gasteiger partial charge on any atom is 0.0952 e. The second-order valence-corrected chi connectivity index (χ2v) is 5.68. The van der Waals surface area contributed by atoms with Crippen LogP contribution < -0.4 is 10.6 Å². The molecule has 1 aromatic carbocycles. The Morgan fingerprint density at radius 2 is 2.33 bits per heavy atom. The fourth-order valence-electron chi connectivity index (χ4n) is 2.95. The summed E-state index contributed by atoms with van der Waals surface area (Å²) in [5.74, 6) is 0. The topological polar surface area (TPSA) is 33.3 Å². The van der Waals surface area contributed by atoms with Crippen molar-refractivity contribution >= 4 is 0 Å². The van der Waals surface area contributed by atoms with Crippen molar-refractivity contribution in [2.24, 2.45) is 0 Å². The summed E-state index contributed by atoms with van der Waals surface area (Å²) in [7, 11) is 0. The summed E-state index contributed by atoms with van der Waals surface area (Å²) in [5, 5.41) is 7.10. The minimum absolute atomic E-state index is 0.215. The van der Waals surface area contributed by atoms with Gasteiger partial charge in [-0.15, -0.1) is 0 Å². The van der Waals surface area contributed by atoms with Crippen LogP contribution >= 0.6 is 0 Å². The van der Waals surface area contributed by atoms with E-state index in [4.69, 9.17) is 4.74 Å². The van der Waals surface area contributed by atoms with Crippen LogP contribution in [0.5, 0.6) is 0 Å². The Bertz CT molecular complexity index is 413. The number of hydrogen-bond donors (Lipinski definition) is 2. The van der Waals surface area contributed by atoms with Crippen molar-refractivity contribution in [2.45, 2.75) is 31.4 Å². The van der Waals surface area contributed by atoms with Crippen LogP contribution in [0.25, 0.3) is 0 Å². The van der Waals surface area contributed by atoms with Gasteiger partial charge in [0.1, 0.15) is 0 Å². The van der Waals surface area contributed by atoms with Gasteiger partial charge in [-0.3, -0.25) is 0 Å². The molecule has 1 saturated heterocycles. The summed E-state index contributed by atoms with van der Waals surface area (Å²) in [6.07, 6.45) is 2.46. The standard InChI is InChI=1S/C15H22N2O/c1-15(7-8-16-11-15)17-10-14-13-5-3-2-4-12(13)6-9-18-14/h2-5,14,16-17H,6-11H2,1H3. The average molecular weight is 246 g/mol. The Kier molecular flexibility index (Phi) is 3.37. The molecular formula is C15H22N2O. The average Bonchev–Trinajstić information content (AvgIpc) is 2.84. The van der Waals surface area contributed by atoms with Crippen LogP contribution in [0, 0.1) is 0 Å². The van der Waals surface area contributed by atoms with E-state index in [9.17, 15) is 0 Å². The first kappa shape index (κ1) is 12.2. The summed E-state index contributed by atoms with van der Waals surface area (Å²) in [6.45, 7) is 6.22. The second kappa shape index (κ2) is 5.00. The van der Waals surface area contributed by atoms with Gasteiger partial charge in [-0.25, -0.2) is 0 Å². The molecule has 18 heavy (non-hydrogen) atoms. The first-order chi connectivity index (χ1) is 8.77. The van der Waals surface area contributed by atoms with Crippen molar-refractivity contribution < 1.29 is 4.74 Å². The van der Waals surface area contributed by atoms with Crippen LogP contribution in [0.1, 0.15) is 30.6 Å². The lowest BCUT2D eigenvalue weighted by Crippen LogP contribution is -2.46. The quantitative estimate of drug-likeness (QED) is 0.850. The van der Waals surface area contributed by atoms with E-state index in [0.717, 1.165) is 32.7 Å². The molecule has 1 aromatic rings. The summed E-state index contributed by atoms with van der Waals surface area (Å²) < 4.78 is 5.93. The fraction of sp³-hybridized carbons (Fsp3) is 0.600. The second-order valence-electron chi connectivity index (χ2n) is 5.68. The molecular weight excluding hydrogens is 224 g/mol. The SMILES string of the molecule is CC1(NCC2OCCc3ccccc32)CCNC1. The molecule has 0 spiro atoms. The molecule has 2 atom stereocenters. The zero-order chi connectivity index (χ0) is 12.4. The Morgan fingerprint density at radius 1 is 1.44 bits per heavy atom. The lowest BCUT2D eigenvalue weighted by molar-refractivity contribution is 0.0378. The van der Waals surface area contributed by atoms with Crippen molar-refractivity contribution in [1.82, 2.24) is 10.6 Å². The van der Waals surface area contributed by atoms with Gasteiger partial charge in [0.2, 0.25) is 0 Å². The van der Waals surface area contributed by atoms with E-state index in [1.807, 2.05) is 0 Å². The van der Waals surface area contributed by atoms with E-state index >= 15 is 0 Å². The molecule has 0 amide bonds. The van der Waals surface area contributed by atoms with Gasteiger partial charge < -0.3 is 15.4 Å². The Balaban J connectivity index is 1.67. The van der Waals surface area contributed by atoms with Crippen molar-refractivity contribution in [2.75, 3.05) is 26.2 Å². The van der Waals surface area contributed by atoms with E-state index in [2.05, 4.69) is 41.8 Å². The van der Waals surface area contributed by atoms with Gasteiger partial charge in [-0.1, -0.05) is 24.3 Å². The fourth-order valence-corrected chi connectivity index (χ4v) is 2.95. The molecule has 98 valence electrons. The van der Waals surface area contributed by atoms with Gasteiger partial charge in [0.15, 0.2) is 0 Å². The maximum atomic E-state index is 5.93. The molecule has 3 rings (SSSR count). The molecule has 0 radical (unpaired) electrons. The highest BCUT2D eigenvalue weighted by atomic mass is 16.5. The molecule has 1 fully saturated rings.